The van der Waals surface area contributed by atoms with E-state index in [0.29, 0.717) is 23.1 Å². The van der Waals surface area contributed by atoms with Gasteiger partial charge in [-0.1, -0.05) is 42.1 Å². The lowest BCUT2D eigenvalue weighted by Crippen LogP contribution is -2.47. The number of para-hydroxylation sites is 2. The number of hydrogen-bond donors (Lipinski definition) is 1. The minimum Gasteiger partial charge on any atom is -0.431 e. The summed E-state index contributed by atoms with van der Waals surface area (Å²) in [6.45, 7) is 6.10. The molecule has 4 rings (SSSR count). The van der Waals surface area contributed by atoms with Crippen molar-refractivity contribution in [2.75, 3.05) is 32.8 Å². The van der Waals surface area contributed by atoms with Gasteiger partial charge in [-0.2, -0.15) is 0 Å². The second kappa shape index (κ2) is 9.43. The molecule has 7 heteroatoms. The summed E-state index contributed by atoms with van der Waals surface area (Å²) in [6.07, 6.45) is 0. The van der Waals surface area contributed by atoms with Crippen LogP contribution in [-0.4, -0.2) is 54.7 Å². The number of benzene rings is 2. The molecular formula is C22H25N3O3S. The van der Waals surface area contributed by atoms with Crippen molar-refractivity contribution >= 4 is 28.8 Å². The lowest BCUT2D eigenvalue weighted by atomic mass is 10.1. The molecule has 0 saturated carbocycles. The highest BCUT2D eigenvalue weighted by Gasteiger charge is 2.19. The van der Waals surface area contributed by atoms with Crippen LogP contribution in [0.5, 0.6) is 0 Å². The zero-order valence-corrected chi connectivity index (χ0v) is 17.3. The monoisotopic (exact) mass is 411 g/mol. The number of amides is 1. The largest absolute Gasteiger partial charge is 0.431 e. The van der Waals surface area contributed by atoms with Crippen LogP contribution in [-0.2, 0) is 10.5 Å². The van der Waals surface area contributed by atoms with E-state index in [2.05, 4.69) is 22.1 Å². The minimum atomic E-state index is -0.0427. The smallest absolute Gasteiger partial charge is 0.257 e. The summed E-state index contributed by atoms with van der Waals surface area (Å²) in [7, 11) is 0. The number of aromatic nitrogens is 1. The zero-order chi connectivity index (χ0) is 20.1. The maximum absolute atomic E-state index is 12.8. The van der Waals surface area contributed by atoms with Crippen LogP contribution >= 0.6 is 11.8 Å². The first-order chi connectivity index (χ1) is 14.2. The summed E-state index contributed by atoms with van der Waals surface area (Å²) in [6, 6.07) is 15.7. The van der Waals surface area contributed by atoms with Gasteiger partial charge in [-0.3, -0.25) is 9.69 Å². The molecule has 1 aromatic heterocycles. The maximum atomic E-state index is 12.8. The van der Waals surface area contributed by atoms with Crippen molar-refractivity contribution in [3.05, 3.63) is 59.7 Å². The van der Waals surface area contributed by atoms with Gasteiger partial charge in [-0.25, -0.2) is 4.98 Å². The molecule has 152 valence electrons. The summed E-state index contributed by atoms with van der Waals surface area (Å²) >= 11 is 1.50. The van der Waals surface area contributed by atoms with Crippen LogP contribution < -0.4 is 5.32 Å². The van der Waals surface area contributed by atoms with E-state index < -0.39 is 0 Å². The van der Waals surface area contributed by atoms with E-state index in [1.165, 1.54) is 11.8 Å². The third-order valence-corrected chi connectivity index (χ3v) is 5.99. The molecule has 29 heavy (non-hydrogen) atoms. The zero-order valence-electron chi connectivity index (χ0n) is 16.5. The Morgan fingerprint density at radius 3 is 2.76 bits per heavy atom. The number of thioether (sulfide) groups is 1. The molecule has 2 aromatic carbocycles. The van der Waals surface area contributed by atoms with E-state index >= 15 is 0 Å². The fraction of sp³-hybridized carbons (Fsp3) is 0.364. The number of nitrogens with zero attached hydrogens (tertiary/aromatic N) is 2. The molecule has 1 fully saturated rings. The number of nitrogens with one attached hydrogen (secondary N) is 1. The Hall–Kier alpha value is -2.35. The number of carbonyl (C=O) groups is 1. The molecule has 0 spiro atoms. The third kappa shape index (κ3) is 4.98. The predicted octanol–water partition coefficient (Wildman–Crippen LogP) is 3.57. The highest BCUT2D eigenvalue weighted by molar-refractivity contribution is 7.98. The van der Waals surface area contributed by atoms with Crippen LogP contribution in [0.2, 0.25) is 0 Å². The third-order valence-electron chi connectivity index (χ3n) is 5.11. The SMILES string of the molecule is CC(CNC(=O)c1ccccc1CSc1nc2ccccc2o1)N1CCOCC1. The molecule has 0 bridgehead atoms. The van der Waals surface area contributed by atoms with Gasteiger partial charge in [0.15, 0.2) is 5.58 Å². The molecule has 0 radical (unpaired) electrons. The molecule has 1 aliphatic heterocycles. The molecule has 0 aliphatic carbocycles. The van der Waals surface area contributed by atoms with E-state index in [-0.39, 0.29) is 11.9 Å². The van der Waals surface area contributed by atoms with E-state index in [1.807, 2.05) is 48.5 Å². The molecule has 3 aromatic rings. The Morgan fingerprint density at radius 1 is 1.17 bits per heavy atom. The average molecular weight is 412 g/mol. The maximum Gasteiger partial charge on any atom is 0.257 e. The number of fused-ring (bicyclic) bond motifs is 1. The molecule has 1 saturated heterocycles. The molecule has 1 aliphatic rings. The average Bonchev–Trinajstić information content (AvgIpc) is 3.19. The number of morpholine rings is 1. The van der Waals surface area contributed by atoms with Crippen molar-refractivity contribution in [1.29, 1.82) is 0 Å². The van der Waals surface area contributed by atoms with Crippen LogP contribution in [0.4, 0.5) is 0 Å². The van der Waals surface area contributed by atoms with Crippen molar-refractivity contribution in [3.63, 3.8) is 0 Å². The number of rotatable bonds is 7. The molecule has 1 unspecified atom stereocenters. The van der Waals surface area contributed by atoms with Gasteiger partial charge in [-0.05, 0) is 30.7 Å². The number of hydrogen-bond acceptors (Lipinski definition) is 6. The van der Waals surface area contributed by atoms with Gasteiger partial charge in [0.25, 0.3) is 11.1 Å². The first-order valence-corrected chi connectivity index (χ1v) is 10.9. The van der Waals surface area contributed by atoms with Crippen LogP contribution in [0.25, 0.3) is 11.1 Å². The molecule has 6 nitrogen and oxygen atoms in total. The van der Waals surface area contributed by atoms with E-state index in [0.717, 1.165) is 43.0 Å². The van der Waals surface area contributed by atoms with Gasteiger partial charge in [0.1, 0.15) is 5.52 Å². The van der Waals surface area contributed by atoms with Crippen LogP contribution in [0, 0.1) is 0 Å². The Labute approximate surface area is 174 Å². The fourth-order valence-electron chi connectivity index (χ4n) is 3.40. The van der Waals surface area contributed by atoms with Crippen LogP contribution in [0.1, 0.15) is 22.8 Å². The number of oxazole rings is 1. The summed E-state index contributed by atoms with van der Waals surface area (Å²) in [5, 5.41) is 3.70. The van der Waals surface area contributed by atoms with Crippen molar-refractivity contribution in [2.45, 2.75) is 23.9 Å². The number of carbonyl (C=O) groups excluding carboxylic acids is 1. The summed E-state index contributed by atoms with van der Waals surface area (Å²) in [5.74, 6) is 0.578. The Bertz CT molecular complexity index is 936. The number of ether oxygens (including phenoxy) is 1. The lowest BCUT2D eigenvalue weighted by Gasteiger charge is -2.32. The Balaban J connectivity index is 1.37. The van der Waals surface area contributed by atoms with Gasteiger partial charge >= 0.3 is 0 Å². The van der Waals surface area contributed by atoms with Crippen molar-refractivity contribution in [1.82, 2.24) is 15.2 Å². The second-order valence-corrected chi connectivity index (χ2v) is 8.03. The van der Waals surface area contributed by atoms with E-state index in [1.54, 1.807) is 0 Å². The molecule has 1 N–H and O–H groups in total. The van der Waals surface area contributed by atoms with E-state index in [4.69, 9.17) is 9.15 Å². The summed E-state index contributed by atoms with van der Waals surface area (Å²) in [4.78, 5) is 19.6. The quantitative estimate of drug-likeness (QED) is 0.600. The van der Waals surface area contributed by atoms with Crippen LogP contribution in [0.3, 0.4) is 0 Å². The highest BCUT2D eigenvalue weighted by Crippen LogP contribution is 2.27. The molecule has 1 amide bonds. The normalized spacial score (nSPS) is 16.0. The van der Waals surface area contributed by atoms with Gasteiger partial charge in [0.2, 0.25) is 0 Å². The fourth-order valence-corrected chi connectivity index (χ4v) is 4.25. The first-order valence-electron chi connectivity index (χ1n) is 9.87. The van der Waals surface area contributed by atoms with Gasteiger partial charge < -0.3 is 14.5 Å². The lowest BCUT2D eigenvalue weighted by molar-refractivity contribution is 0.0204. The van der Waals surface area contributed by atoms with Crippen LogP contribution in [0.15, 0.2) is 58.2 Å². The first kappa shape index (κ1) is 19.9. The van der Waals surface area contributed by atoms with Gasteiger partial charge in [0.05, 0.1) is 13.2 Å². The molecule has 1 atom stereocenters. The highest BCUT2D eigenvalue weighted by atomic mass is 32.2. The summed E-state index contributed by atoms with van der Waals surface area (Å²) in [5.41, 5.74) is 3.29. The minimum absolute atomic E-state index is 0.0427. The molecular weight excluding hydrogens is 386 g/mol. The van der Waals surface area contributed by atoms with Crippen molar-refractivity contribution in [2.24, 2.45) is 0 Å². The van der Waals surface area contributed by atoms with Gasteiger partial charge in [-0.15, -0.1) is 0 Å². The topological polar surface area (TPSA) is 67.6 Å². The Morgan fingerprint density at radius 2 is 1.93 bits per heavy atom. The Kier molecular flexibility index (Phi) is 6.49. The van der Waals surface area contributed by atoms with E-state index in [9.17, 15) is 4.79 Å². The summed E-state index contributed by atoms with van der Waals surface area (Å²) < 4.78 is 11.2. The standard InChI is InChI=1S/C22H25N3O3S/c1-16(25-10-12-27-13-11-25)14-23-21(26)18-7-3-2-6-17(18)15-29-22-24-19-8-4-5-9-20(19)28-22/h2-9,16H,10-15H2,1H3,(H,23,26). The predicted molar refractivity (Wildman–Crippen MR) is 114 cm³/mol. The van der Waals surface area contributed by atoms with Gasteiger partial charge in [0, 0.05) is 37.0 Å². The van der Waals surface area contributed by atoms with Crippen molar-refractivity contribution < 1.29 is 13.9 Å². The molecule has 2 heterocycles. The second-order valence-electron chi connectivity index (χ2n) is 7.10. The van der Waals surface area contributed by atoms with Crippen molar-refractivity contribution in [3.8, 4) is 0 Å².